The van der Waals surface area contributed by atoms with Gasteiger partial charge in [0.05, 0.1) is 11.3 Å². The molecular formula is C22H19FN4O. The lowest BCUT2D eigenvalue weighted by Gasteiger charge is -2.07. The van der Waals surface area contributed by atoms with Gasteiger partial charge in [0.15, 0.2) is 0 Å². The van der Waals surface area contributed by atoms with Crippen LogP contribution in [0.4, 0.5) is 4.39 Å². The first-order valence-electron chi connectivity index (χ1n) is 8.95. The van der Waals surface area contributed by atoms with E-state index in [4.69, 9.17) is 0 Å². The van der Waals surface area contributed by atoms with Gasteiger partial charge in [-0.3, -0.25) is 4.79 Å². The highest BCUT2D eigenvalue weighted by Crippen LogP contribution is 2.30. The van der Waals surface area contributed by atoms with Crippen molar-refractivity contribution in [2.24, 2.45) is 0 Å². The minimum Gasteiger partial charge on any atom is -0.354 e. The smallest absolute Gasteiger partial charge is 0.254 e. The summed E-state index contributed by atoms with van der Waals surface area (Å²) in [6, 6.07) is 12.5. The number of hydrogen-bond donors (Lipinski definition) is 2. The van der Waals surface area contributed by atoms with E-state index in [0.717, 1.165) is 33.3 Å². The molecule has 0 atom stereocenters. The number of carbonyl (C=O) groups excluding carboxylic acids is 1. The van der Waals surface area contributed by atoms with Gasteiger partial charge >= 0.3 is 0 Å². The van der Waals surface area contributed by atoms with Gasteiger partial charge in [-0.15, -0.1) is 0 Å². The van der Waals surface area contributed by atoms with Gasteiger partial charge in [0.1, 0.15) is 12.1 Å². The first kappa shape index (κ1) is 17.9. The van der Waals surface area contributed by atoms with Crippen molar-refractivity contribution in [3.05, 3.63) is 83.2 Å². The Labute approximate surface area is 161 Å². The van der Waals surface area contributed by atoms with Crippen molar-refractivity contribution in [3.63, 3.8) is 0 Å². The SMILES string of the molecule is Cc1ncncc1C(=O)NCc1ccc2[nH]c(-c3ccc(F)cc3)c(C)c2c1. The van der Waals surface area contributed by atoms with Gasteiger partial charge in [-0.1, -0.05) is 6.07 Å². The van der Waals surface area contributed by atoms with Gasteiger partial charge in [0, 0.05) is 29.3 Å². The summed E-state index contributed by atoms with van der Waals surface area (Å²) in [5.41, 5.74) is 6.09. The Bertz CT molecular complexity index is 1170. The molecule has 0 saturated heterocycles. The molecule has 28 heavy (non-hydrogen) atoms. The molecule has 0 fully saturated rings. The Morgan fingerprint density at radius 2 is 1.93 bits per heavy atom. The van der Waals surface area contributed by atoms with Crippen LogP contribution in [0.3, 0.4) is 0 Å². The maximum absolute atomic E-state index is 13.2. The van der Waals surface area contributed by atoms with Crippen molar-refractivity contribution in [3.8, 4) is 11.3 Å². The number of nitrogens with zero attached hydrogens (tertiary/aromatic N) is 2. The van der Waals surface area contributed by atoms with Crippen LogP contribution in [0.1, 0.15) is 27.2 Å². The van der Waals surface area contributed by atoms with E-state index in [-0.39, 0.29) is 11.7 Å². The van der Waals surface area contributed by atoms with E-state index in [2.05, 4.69) is 26.3 Å². The molecule has 0 aliphatic carbocycles. The molecule has 0 unspecified atom stereocenters. The van der Waals surface area contributed by atoms with E-state index >= 15 is 0 Å². The molecule has 2 heterocycles. The molecule has 6 heteroatoms. The normalized spacial score (nSPS) is 11.0. The predicted octanol–water partition coefficient (Wildman–Crippen LogP) is 4.31. The van der Waals surface area contributed by atoms with Crippen LogP contribution < -0.4 is 5.32 Å². The first-order chi connectivity index (χ1) is 13.5. The quantitative estimate of drug-likeness (QED) is 0.559. The molecule has 0 spiro atoms. The second-order valence-corrected chi connectivity index (χ2v) is 6.72. The lowest BCUT2D eigenvalue weighted by atomic mass is 10.0. The third-order valence-electron chi connectivity index (χ3n) is 4.86. The van der Waals surface area contributed by atoms with Crippen LogP contribution in [-0.4, -0.2) is 20.9 Å². The number of hydrogen-bond acceptors (Lipinski definition) is 3. The van der Waals surface area contributed by atoms with E-state index in [1.807, 2.05) is 19.1 Å². The van der Waals surface area contributed by atoms with Crippen LogP contribution in [-0.2, 0) is 6.54 Å². The Morgan fingerprint density at radius 1 is 1.14 bits per heavy atom. The van der Waals surface area contributed by atoms with E-state index in [1.165, 1.54) is 24.7 Å². The molecule has 2 N–H and O–H groups in total. The van der Waals surface area contributed by atoms with Gasteiger partial charge in [-0.25, -0.2) is 14.4 Å². The third-order valence-corrected chi connectivity index (χ3v) is 4.86. The fourth-order valence-electron chi connectivity index (χ4n) is 3.28. The van der Waals surface area contributed by atoms with E-state index in [1.54, 1.807) is 19.1 Å². The van der Waals surface area contributed by atoms with Gasteiger partial charge < -0.3 is 10.3 Å². The summed E-state index contributed by atoms with van der Waals surface area (Å²) in [5, 5.41) is 3.99. The van der Waals surface area contributed by atoms with Crippen molar-refractivity contribution in [2.45, 2.75) is 20.4 Å². The molecule has 2 aromatic carbocycles. The molecule has 4 aromatic rings. The van der Waals surface area contributed by atoms with Crippen molar-refractivity contribution in [1.29, 1.82) is 0 Å². The van der Waals surface area contributed by atoms with E-state index in [0.29, 0.717) is 17.8 Å². The van der Waals surface area contributed by atoms with Crippen LogP contribution in [0.25, 0.3) is 22.2 Å². The minimum absolute atomic E-state index is 0.198. The Morgan fingerprint density at radius 3 is 2.68 bits per heavy atom. The molecule has 0 bridgehead atoms. The number of aromatic nitrogens is 3. The number of benzene rings is 2. The highest BCUT2D eigenvalue weighted by atomic mass is 19.1. The molecule has 5 nitrogen and oxygen atoms in total. The number of rotatable bonds is 4. The zero-order valence-electron chi connectivity index (χ0n) is 15.6. The number of aromatic amines is 1. The second kappa shape index (κ2) is 7.23. The summed E-state index contributed by atoms with van der Waals surface area (Å²) in [7, 11) is 0. The van der Waals surface area contributed by atoms with Gasteiger partial charge in [-0.2, -0.15) is 0 Å². The summed E-state index contributed by atoms with van der Waals surface area (Å²) < 4.78 is 13.2. The topological polar surface area (TPSA) is 70.7 Å². The Balaban J connectivity index is 1.58. The fraction of sp³-hybridized carbons (Fsp3) is 0.136. The zero-order chi connectivity index (χ0) is 19.7. The number of amides is 1. The number of nitrogens with one attached hydrogen (secondary N) is 2. The Hall–Kier alpha value is -3.54. The highest BCUT2D eigenvalue weighted by molar-refractivity contribution is 5.95. The monoisotopic (exact) mass is 374 g/mol. The summed E-state index contributed by atoms with van der Waals surface area (Å²) in [5.74, 6) is -0.453. The highest BCUT2D eigenvalue weighted by Gasteiger charge is 2.12. The van der Waals surface area contributed by atoms with Crippen molar-refractivity contribution >= 4 is 16.8 Å². The Kier molecular flexibility index (Phi) is 4.61. The molecule has 0 saturated carbocycles. The first-order valence-corrected chi connectivity index (χ1v) is 8.95. The van der Waals surface area contributed by atoms with E-state index in [9.17, 15) is 9.18 Å². The van der Waals surface area contributed by atoms with Crippen LogP contribution in [0.15, 0.2) is 55.0 Å². The van der Waals surface area contributed by atoms with Gasteiger partial charge in [0.25, 0.3) is 5.91 Å². The molecule has 1 amide bonds. The number of H-pyrrole nitrogens is 1. The van der Waals surface area contributed by atoms with Crippen LogP contribution in [0.2, 0.25) is 0 Å². The van der Waals surface area contributed by atoms with E-state index < -0.39 is 0 Å². The summed E-state index contributed by atoms with van der Waals surface area (Å²) in [4.78, 5) is 23.7. The molecule has 140 valence electrons. The van der Waals surface area contributed by atoms with Crippen LogP contribution in [0, 0.1) is 19.7 Å². The fourth-order valence-corrected chi connectivity index (χ4v) is 3.28. The molecular weight excluding hydrogens is 355 g/mol. The average Bonchev–Trinajstić information content (AvgIpc) is 3.03. The average molecular weight is 374 g/mol. The van der Waals surface area contributed by atoms with Crippen molar-refractivity contribution < 1.29 is 9.18 Å². The zero-order valence-corrected chi connectivity index (χ0v) is 15.6. The standard InChI is InChI=1S/C22H19FN4O/c1-13-18-9-15(10-25-22(28)19-11-24-12-26-14(19)2)3-8-20(18)27-21(13)16-4-6-17(23)7-5-16/h3-9,11-12,27H,10H2,1-2H3,(H,25,28). The predicted molar refractivity (Wildman–Crippen MR) is 106 cm³/mol. The van der Waals surface area contributed by atoms with Crippen molar-refractivity contribution in [2.75, 3.05) is 0 Å². The maximum Gasteiger partial charge on any atom is 0.254 e. The largest absolute Gasteiger partial charge is 0.354 e. The lowest BCUT2D eigenvalue weighted by molar-refractivity contribution is 0.0949. The summed E-state index contributed by atoms with van der Waals surface area (Å²) >= 11 is 0. The number of halogens is 1. The lowest BCUT2D eigenvalue weighted by Crippen LogP contribution is -2.24. The molecule has 0 aliphatic rings. The summed E-state index contributed by atoms with van der Waals surface area (Å²) in [6.07, 6.45) is 2.94. The number of aryl methyl sites for hydroxylation is 2. The maximum atomic E-state index is 13.2. The number of fused-ring (bicyclic) bond motifs is 1. The molecule has 0 aliphatic heterocycles. The number of carbonyl (C=O) groups is 1. The van der Waals surface area contributed by atoms with Crippen molar-refractivity contribution in [1.82, 2.24) is 20.3 Å². The van der Waals surface area contributed by atoms with Gasteiger partial charge in [0.2, 0.25) is 0 Å². The minimum atomic E-state index is -0.255. The molecule has 0 radical (unpaired) electrons. The molecule has 2 aromatic heterocycles. The summed E-state index contributed by atoms with van der Waals surface area (Å²) in [6.45, 7) is 4.22. The van der Waals surface area contributed by atoms with Crippen LogP contribution in [0.5, 0.6) is 0 Å². The molecule has 4 rings (SSSR count). The van der Waals surface area contributed by atoms with Crippen LogP contribution >= 0.6 is 0 Å². The third kappa shape index (κ3) is 3.36. The second-order valence-electron chi connectivity index (χ2n) is 6.72. The van der Waals surface area contributed by atoms with Gasteiger partial charge in [-0.05, 0) is 66.9 Å².